The zero-order valence-electron chi connectivity index (χ0n) is 19.5. The number of hydrogen-bond acceptors (Lipinski definition) is 6. The number of ether oxygens (including phenoxy) is 2. The minimum atomic E-state index is -0.513. The summed E-state index contributed by atoms with van der Waals surface area (Å²) in [5.74, 6) is 0.160. The zero-order chi connectivity index (χ0) is 23.5. The third-order valence-corrected chi connectivity index (χ3v) is 6.09. The molecule has 1 atom stereocenters. The van der Waals surface area contributed by atoms with Crippen molar-refractivity contribution in [3.05, 3.63) is 53.7 Å². The summed E-state index contributed by atoms with van der Waals surface area (Å²) in [7, 11) is 2.99. The number of H-pyrrole nitrogens is 1. The summed E-state index contributed by atoms with van der Waals surface area (Å²) in [6.45, 7) is 6.73. The van der Waals surface area contributed by atoms with Crippen LogP contribution in [0.3, 0.4) is 0 Å². The number of esters is 1. The number of nitrogens with one attached hydrogen (secondary N) is 2. The predicted molar refractivity (Wildman–Crippen MR) is 129 cm³/mol. The van der Waals surface area contributed by atoms with Crippen molar-refractivity contribution in [3.63, 3.8) is 0 Å². The molecule has 1 aliphatic heterocycles. The molecular formula is C25H30N4O4. The molecule has 1 aromatic heterocycles. The zero-order valence-corrected chi connectivity index (χ0v) is 19.5. The maximum Gasteiger partial charge on any atom is 0.356 e. The summed E-state index contributed by atoms with van der Waals surface area (Å²) in [6.07, 6.45) is 0. The standard InChI is InChI=1S/C25H30N4O4/c1-16-5-10-20-21(13-16)26-24(25(31)33-4)23(20)27-22(30)15-28-11-12-29(17(2)14-28)18-6-8-19(32-3)9-7-18/h5-10,13,17,26H,11-12,14-15H2,1-4H3,(H,27,30)/t17-/m0/s1. The van der Waals surface area contributed by atoms with Crippen LogP contribution in [-0.2, 0) is 9.53 Å². The Balaban J connectivity index is 1.43. The molecule has 0 unspecified atom stereocenters. The number of hydrogen-bond donors (Lipinski definition) is 2. The first kappa shape index (κ1) is 22.7. The Morgan fingerprint density at radius 1 is 1.12 bits per heavy atom. The Labute approximate surface area is 193 Å². The van der Waals surface area contributed by atoms with Crippen LogP contribution in [-0.4, -0.2) is 68.2 Å². The van der Waals surface area contributed by atoms with Crippen molar-refractivity contribution in [2.45, 2.75) is 19.9 Å². The molecule has 8 heteroatoms. The molecule has 0 bridgehead atoms. The highest BCUT2D eigenvalue weighted by Gasteiger charge is 2.26. The maximum absolute atomic E-state index is 12.9. The van der Waals surface area contributed by atoms with Crippen LogP contribution in [0.4, 0.5) is 11.4 Å². The number of aromatic amines is 1. The molecule has 0 saturated carbocycles. The lowest BCUT2D eigenvalue weighted by Gasteiger charge is -2.41. The van der Waals surface area contributed by atoms with Crippen LogP contribution in [0.1, 0.15) is 23.0 Å². The lowest BCUT2D eigenvalue weighted by atomic mass is 10.1. The number of amides is 1. The van der Waals surface area contributed by atoms with E-state index in [0.717, 1.165) is 47.5 Å². The molecule has 0 spiro atoms. The summed E-state index contributed by atoms with van der Waals surface area (Å²) < 4.78 is 10.2. The van der Waals surface area contributed by atoms with Crippen molar-refractivity contribution in [2.24, 2.45) is 0 Å². The number of aryl methyl sites for hydroxylation is 1. The van der Waals surface area contributed by atoms with Gasteiger partial charge in [0, 0.05) is 42.3 Å². The molecule has 0 aliphatic carbocycles. The van der Waals surface area contributed by atoms with E-state index in [1.165, 1.54) is 7.11 Å². The van der Waals surface area contributed by atoms with Crippen LogP contribution in [0.5, 0.6) is 5.75 Å². The third kappa shape index (κ3) is 4.80. The highest BCUT2D eigenvalue weighted by atomic mass is 16.5. The van der Waals surface area contributed by atoms with Crippen molar-refractivity contribution in [3.8, 4) is 5.75 Å². The Bertz CT molecular complexity index is 1160. The Morgan fingerprint density at radius 3 is 2.55 bits per heavy atom. The minimum absolute atomic E-state index is 0.160. The number of methoxy groups -OCH3 is 2. The highest BCUT2D eigenvalue weighted by Crippen LogP contribution is 2.29. The van der Waals surface area contributed by atoms with E-state index in [1.54, 1.807) is 7.11 Å². The van der Waals surface area contributed by atoms with Gasteiger partial charge in [-0.15, -0.1) is 0 Å². The third-order valence-electron chi connectivity index (χ3n) is 6.09. The van der Waals surface area contributed by atoms with Gasteiger partial charge in [0.15, 0.2) is 0 Å². The first-order valence-electron chi connectivity index (χ1n) is 11.0. The molecule has 2 N–H and O–H groups in total. The van der Waals surface area contributed by atoms with E-state index in [-0.39, 0.29) is 24.2 Å². The second-order valence-corrected chi connectivity index (χ2v) is 8.44. The number of carbonyl (C=O) groups is 2. The molecule has 8 nitrogen and oxygen atoms in total. The second kappa shape index (κ2) is 9.54. The van der Waals surface area contributed by atoms with E-state index in [9.17, 15) is 9.59 Å². The topological polar surface area (TPSA) is 86.9 Å². The largest absolute Gasteiger partial charge is 0.497 e. The molecule has 2 aromatic carbocycles. The number of carbonyl (C=O) groups excluding carboxylic acids is 2. The summed E-state index contributed by atoms with van der Waals surface area (Å²) in [6, 6.07) is 14.1. The van der Waals surface area contributed by atoms with Crippen molar-refractivity contribution in [2.75, 3.05) is 50.6 Å². The fraction of sp³-hybridized carbons (Fsp3) is 0.360. The van der Waals surface area contributed by atoms with E-state index < -0.39 is 5.97 Å². The number of rotatable bonds is 6. The van der Waals surface area contributed by atoms with Gasteiger partial charge < -0.3 is 24.7 Å². The van der Waals surface area contributed by atoms with E-state index in [2.05, 4.69) is 39.2 Å². The normalized spacial score (nSPS) is 16.6. The molecule has 1 saturated heterocycles. The number of nitrogens with zero attached hydrogens (tertiary/aromatic N) is 2. The van der Waals surface area contributed by atoms with Gasteiger partial charge in [-0.05, 0) is 49.7 Å². The molecule has 33 heavy (non-hydrogen) atoms. The molecule has 1 aliphatic rings. The Hall–Kier alpha value is -3.52. The molecule has 1 amide bonds. The van der Waals surface area contributed by atoms with Gasteiger partial charge in [0.25, 0.3) is 0 Å². The number of anilines is 2. The number of aromatic nitrogens is 1. The van der Waals surface area contributed by atoms with E-state index in [0.29, 0.717) is 5.69 Å². The van der Waals surface area contributed by atoms with Gasteiger partial charge in [0.05, 0.1) is 26.5 Å². The highest BCUT2D eigenvalue weighted by molar-refractivity contribution is 6.11. The lowest BCUT2D eigenvalue weighted by molar-refractivity contribution is -0.117. The van der Waals surface area contributed by atoms with Crippen molar-refractivity contribution >= 4 is 34.2 Å². The minimum Gasteiger partial charge on any atom is -0.497 e. The summed E-state index contributed by atoms with van der Waals surface area (Å²) >= 11 is 0. The lowest BCUT2D eigenvalue weighted by Crippen LogP contribution is -2.53. The monoisotopic (exact) mass is 450 g/mol. The van der Waals surface area contributed by atoms with E-state index in [4.69, 9.17) is 9.47 Å². The van der Waals surface area contributed by atoms with Crippen LogP contribution in [0.15, 0.2) is 42.5 Å². The quantitative estimate of drug-likeness (QED) is 0.560. The van der Waals surface area contributed by atoms with Gasteiger partial charge >= 0.3 is 5.97 Å². The van der Waals surface area contributed by atoms with Crippen LogP contribution >= 0.6 is 0 Å². The molecule has 1 fully saturated rings. The summed E-state index contributed by atoms with van der Waals surface area (Å²) in [4.78, 5) is 32.8. The van der Waals surface area contributed by atoms with Crippen LogP contribution in [0.25, 0.3) is 10.9 Å². The van der Waals surface area contributed by atoms with Crippen molar-refractivity contribution in [1.82, 2.24) is 9.88 Å². The Morgan fingerprint density at radius 2 is 1.88 bits per heavy atom. The smallest absolute Gasteiger partial charge is 0.356 e. The molecule has 0 radical (unpaired) electrons. The average molecular weight is 451 g/mol. The van der Waals surface area contributed by atoms with E-state index in [1.807, 2.05) is 37.3 Å². The van der Waals surface area contributed by atoms with Gasteiger partial charge in [-0.25, -0.2) is 4.79 Å². The van der Waals surface area contributed by atoms with Crippen molar-refractivity contribution in [1.29, 1.82) is 0 Å². The first-order valence-corrected chi connectivity index (χ1v) is 11.0. The Kier molecular flexibility index (Phi) is 6.55. The number of fused-ring (bicyclic) bond motifs is 1. The van der Waals surface area contributed by atoms with Crippen LogP contribution in [0.2, 0.25) is 0 Å². The van der Waals surface area contributed by atoms with Crippen LogP contribution < -0.4 is 15.0 Å². The van der Waals surface area contributed by atoms with Crippen molar-refractivity contribution < 1.29 is 19.1 Å². The molecule has 2 heterocycles. The SMILES string of the molecule is COC(=O)c1[nH]c2cc(C)ccc2c1NC(=O)CN1CCN(c2ccc(OC)cc2)[C@@H](C)C1. The molecule has 174 valence electrons. The molecular weight excluding hydrogens is 420 g/mol. The van der Waals surface area contributed by atoms with Gasteiger partial charge in [0.2, 0.25) is 5.91 Å². The molecule has 3 aromatic rings. The maximum atomic E-state index is 12.9. The fourth-order valence-electron chi connectivity index (χ4n) is 4.41. The van der Waals surface area contributed by atoms with Gasteiger partial charge in [-0.1, -0.05) is 12.1 Å². The predicted octanol–water partition coefficient (Wildman–Crippen LogP) is 3.42. The van der Waals surface area contributed by atoms with Gasteiger partial charge in [-0.2, -0.15) is 0 Å². The number of benzene rings is 2. The fourth-order valence-corrected chi connectivity index (χ4v) is 4.41. The number of piperazine rings is 1. The summed E-state index contributed by atoms with van der Waals surface area (Å²) in [5, 5.41) is 3.73. The first-order chi connectivity index (χ1) is 15.9. The van der Waals surface area contributed by atoms with Gasteiger partial charge in [-0.3, -0.25) is 9.69 Å². The molecule has 4 rings (SSSR count). The van der Waals surface area contributed by atoms with E-state index >= 15 is 0 Å². The summed E-state index contributed by atoms with van der Waals surface area (Å²) in [5.41, 5.74) is 3.70. The van der Waals surface area contributed by atoms with Gasteiger partial charge in [0.1, 0.15) is 11.4 Å². The van der Waals surface area contributed by atoms with Crippen LogP contribution in [0, 0.1) is 6.92 Å². The average Bonchev–Trinajstić information content (AvgIpc) is 3.15. The second-order valence-electron chi connectivity index (χ2n) is 8.44.